The summed E-state index contributed by atoms with van der Waals surface area (Å²) in [4.78, 5) is 0. The fourth-order valence-electron chi connectivity index (χ4n) is 5.50. The molecule has 5 aromatic carbocycles. The molecule has 7 aromatic rings. The van der Waals surface area contributed by atoms with Crippen molar-refractivity contribution in [3.05, 3.63) is 120 Å². The quantitative estimate of drug-likeness (QED) is 0.245. The van der Waals surface area contributed by atoms with Crippen molar-refractivity contribution in [2.75, 3.05) is 0 Å². The van der Waals surface area contributed by atoms with Crippen LogP contribution < -0.4 is 0 Å². The number of benzene rings is 5. The summed E-state index contributed by atoms with van der Waals surface area (Å²) < 4.78 is 33.2. The zero-order valence-electron chi connectivity index (χ0n) is 19.8. The van der Waals surface area contributed by atoms with E-state index in [0.29, 0.717) is 22.3 Å². The molecule has 2 aromatic heterocycles. The average molecular weight is 495 g/mol. The molecule has 0 amide bonds. The maximum Gasteiger partial charge on any atom is 0.147 e. The molecule has 6 heteroatoms. The second-order valence-corrected chi connectivity index (χ2v) is 9.14. The summed E-state index contributed by atoms with van der Waals surface area (Å²) in [6.45, 7) is 0. The maximum absolute atomic E-state index is 15.1. The molecule has 4 nitrogen and oxygen atoms in total. The maximum atomic E-state index is 15.1. The van der Waals surface area contributed by atoms with Crippen LogP contribution in [-0.4, -0.2) is 9.13 Å². The monoisotopic (exact) mass is 494 g/mol. The molecule has 0 saturated heterocycles. The third kappa shape index (κ3) is 2.98. The number of nitriles is 2. The van der Waals surface area contributed by atoms with Gasteiger partial charge in [-0.1, -0.05) is 36.4 Å². The number of para-hydroxylation sites is 2. The molecule has 38 heavy (non-hydrogen) atoms. The Labute approximate surface area is 215 Å². The van der Waals surface area contributed by atoms with Crippen LogP contribution in [0.2, 0.25) is 0 Å². The van der Waals surface area contributed by atoms with E-state index in [1.807, 2.05) is 59.2 Å². The first-order chi connectivity index (χ1) is 18.6. The number of halogens is 2. The van der Waals surface area contributed by atoms with Crippen molar-refractivity contribution in [2.24, 2.45) is 0 Å². The van der Waals surface area contributed by atoms with Gasteiger partial charge in [-0.05, 0) is 54.6 Å². The summed E-state index contributed by atoms with van der Waals surface area (Å²) in [6.07, 6.45) is 0. The van der Waals surface area contributed by atoms with E-state index >= 15 is 4.39 Å². The standard InChI is InChI=1S/C32H16F2N4/c33-21-10-11-26(34)32(14-21)38-29-8-4-2-6-23(29)25-15-24-22-5-1-3-7-28(22)37(30(24)16-31(25)38)27-12-9-19(17-35)13-20(27)18-36/h1-16H. The lowest BCUT2D eigenvalue weighted by Gasteiger charge is -2.12. The Balaban J connectivity index is 1.69. The molecule has 0 saturated carbocycles. The van der Waals surface area contributed by atoms with Gasteiger partial charge in [-0.25, -0.2) is 8.78 Å². The second-order valence-electron chi connectivity index (χ2n) is 9.14. The Bertz CT molecular complexity index is 2190. The third-order valence-corrected chi connectivity index (χ3v) is 7.10. The highest BCUT2D eigenvalue weighted by Gasteiger charge is 2.20. The summed E-state index contributed by atoms with van der Waals surface area (Å²) in [5.41, 5.74) is 4.68. The molecule has 7 rings (SSSR count). The van der Waals surface area contributed by atoms with Crippen LogP contribution in [0.3, 0.4) is 0 Å². The Morgan fingerprint density at radius 2 is 1.16 bits per heavy atom. The van der Waals surface area contributed by atoms with E-state index in [2.05, 4.69) is 18.2 Å². The van der Waals surface area contributed by atoms with Crippen LogP contribution in [0.25, 0.3) is 55.0 Å². The lowest BCUT2D eigenvalue weighted by atomic mass is 10.1. The van der Waals surface area contributed by atoms with E-state index in [1.54, 1.807) is 22.8 Å². The molecule has 0 unspecified atom stereocenters. The molecule has 0 atom stereocenters. The van der Waals surface area contributed by atoms with E-state index in [-0.39, 0.29) is 5.69 Å². The molecule has 0 aliphatic rings. The van der Waals surface area contributed by atoms with E-state index in [0.717, 1.165) is 50.2 Å². The van der Waals surface area contributed by atoms with Gasteiger partial charge in [-0.2, -0.15) is 10.5 Å². The smallest absolute Gasteiger partial charge is 0.147 e. The fourth-order valence-corrected chi connectivity index (χ4v) is 5.50. The van der Waals surface area contributed by atoms with Gasteiger partial charge in [0.05, 0.1) is 50.6 Å². The fraction of sp³-hybridized carbons (Fsp3) is 0. The van der Waals surface area contributed by atoms with E-state index < -0.39 is 11.6 Å². The summed E-state index contributed by atoms with van der Waals surface area (Å²) in [7, 11) is 0. The van der Waals surface area contributed by atoms with Gasteiger partial charge in [0.25, 0.3) is 0 Å². The topological polar surface area (TPSA) is 57.4 Å². The number of hydrogen-bond acceptors (Lipinski definition) is 2. The second kappa shape index (κ2) is 8.03. The SMILES string of the molecule is N#Cc1ccc(-n2c3ccccc3c3cc4c5ccccc5n(-c5cc(F)ccc5F)c4cc32)c(C#N)c1. The lowest BCUT2D eigenvalue weighted by Crippen LogP contribution is -2.00. The van der Waals surface area contributed by atoms with Gasteiger partial charge in [-0.3, -0.25) is 0 Å². The number of nitrogens with zero attached hydrogens (tertiary/aromatic N) is 4. The highest BCUT2D eigenvalue weighted by Crippen LogP contribution is 2.40. The van der Waals surface area contributed by atoms with Crippen molar-refractivity contribution < 1.29 is 8.78 Å². The van der Waals surface area contributed by atoms with Crippen LogP contribution in [-0.2, 0) is 0 Å². The molecule has 0 fully saturated rings. The van der Waals surface area contributed by atoms with Crippen LogP contribution in [0.15, 0.2) is 97.1 Å². The summed E-state index contributed by atoms with van der Waals surface area (Å²) >= 11 is 0. The molecule has 0 N–H and O–H groups in total. The Hall–Kier alpha value is -5.46. The van der Waals surface area contributed by atoms with Crippen molar-refractivity contribution in [1.82, 2.24) is 9.13 Å². The minimum atomic E-state index is -0.534. The van der Waals surface area contributed by atoms with Crippen LogP contribution in [0, 0.1) is 34.3 Å². The molecule has 0 spiro atoms. The van der Waals surface area contributed by atoms with Gasteiger partial charge in [0.2, 0.25) is 0 Å². The molecule has 2 heterocycles. The Morgan fingerprint density at radius 1 is 0.526 bits per heavy atom. The van der Waals surface area contributed by atoms with Gasteiger partial charge < -0.3 is 9.13 Å². The number of fused-ring (bicyclic) bond motifs is 6. The van der Waals surface area contributed by atoms with Gasteiger partial charge in [0, 0.05) is 27.6 Å². The van der Waals surface area contributed by atoms with Crippen molar-refractivity contribution in [1.29, 1.82) is 10.5 Å². The van der Waals surface area contributed by atoms with E-state index in [9.17, 15) is 14.9 Å². The minimum Gasteiger partial charge on any atom is -0.308 e. The number of rotatable bonds is 2. The van der Waals surface area contributed by atoms with E-state index in [1.165, 1.54) is 6.07 Å². The van der Waals surface area contributed by atoms with Crippen LogP contribution in [0.5, 0.6) is 0 Å². The van der Waals surface area contributed by atoms with Gasteiger partial charge in [0.15, 0.2) is 0 Å². The lowest BCUT2D eigenvalue weighted by molar-refractivity contribution is 0.595. The molecule has 0 bridgehead atoms. The van der Waals surface area contributed by atoms with Crippen molar-refractivity contribution in [3.8, 4) is 23.5 Å². The molecule has 0 aliphatic carbocycles. The predicted octanol–water partition coefficient (Wildman–Crippen LogP) is 7.90. The highest BCUT2D eigenvalue weighted by molar-refractivity contribution is 6.19. The number of aromatic nitrogens is 2. The van der Waals surface area contributed by atoms with Gasteiger partial charge in [0.1, 0.15) is 17.7 Å². The van der Waals surface area contributed by atoms with Crippen LogP contribution in [0.1, 0.15) is 11.1 Å². The number of hydrogen-bond donors (Lipinski definition) is 0. The zero-order valence-corrected chi connectivity index (χ0v) is 19.8. The van der Waals surface area contributed by atoms with Crippen LogP contribution >= 0.6 is 0 Å². The molecule has 0 radical (unpaired) electrons. The first-order valence-corrected chi connectivity index (χ1v) is 12.0. The molecular weight excluding hydrogens is 478 g/mol. The van der Waals surface area contributed by atoms with Crippen LogP contribution in [0.4, 0.5) is 8.78 Å². The third-order valence-electron chi connectivity index (χ3n) is 7.10. The van der Waals surface area contributed by atoms with Gasteiger partial charge in [-0.15, -0.1) is 0 Å². The summed E-state index contributed by atoms with van der Waals surface area (Å²) in [5.74, 6) is -1.06. The van der Waals surface area contributed by atoms with Crippen molar-refractivity contribution >= 4 is 43.6 Å². The van der Waals surface area contributed by atoms with Gasteiger partial charge >= 0.3 is 0 Å². The first kappa shape index (κ1) is 21.8. The summed E-state index contributed by atoms with van der Waals surface area (Å²) in [5, 5.41) is 23.1. The van der Waals surface area contributed by atoms with E-state index in [4.69, 9.17) is 0 Å². The first-order valence-electron chi connectivity index (χ1n) is 12.0. The zero-order chi connectivity index (χ0) is 26.0. The molecule has 0 aliphatic heterocycles. The Kier molecular flexibility index (Phi) is 4.60. The molecular formula is C32H16F2N4. The van der Waals surface area contributed by atoms with Crippen molar-refractivity contribution in [3.63, 3.8) is 0 Å². The predicted molar refractivity (Wildman–Crippen MR) is 144 cm³/mol. The minimum absolute atomic E-state index is 0.120. The average Bonchev–Trinajstić information content (AvgIpc) is 3.45. The summed E-state index contributed by atoms with van der Waals surface area (Å²) in [6, 6.07) is 32.4. The van der Waals surface area contributed by atoms with Crippen molar-refractivity contribution in [2.45, 2.75) is 0 Å². The molecule has 178 valence electrons. The Morgan fingerprint density at radius 3 is 1.79 bits per heavy atom. The highest BCUT2D eigenvalue weighted by atomic mass is 19.1. The normalized spacial score (nSPS) is 11.4. The largest absolute Gasteiger partial charge is 0.308 e.